The minimum absolute atomic E-state index is 0.0305. The Hall–Kier alpha value is -3.36. The molecule has 1 unspecified atom stereocenters. The number of carboxylic acid groups (broad SMARTS) is 1. The zero-order chi connectivity index (χ0) is 23.3. The first kappa shape index (κ1) is 23.3. The zero-order valence-electron chi connectivity index (χ0n) is 18.6. The van der Waals surface area contributed by atoms with Crippen molar-refractivity contribution in [2.24, 2.45) is 0 Å². The van der Waals surface area contributed by atoms with Crippen LogP contribution < -0.4 is 4.74 Å². The van der Waals surface area contributed by atoms with Gasteiger partial charge in [-0.1, -0.05) is 19.3 Å². The van der Waals surface area contributed by atoms with Gasteiger partial charge in [0.05, 0.1) is 31.5 Å². The fourth-order valence-electron chi connectivity index (χ4n) is 4.03. The predicted octanol–water partition coefficient (Wildman–Crippen LogP) is 3.30. The molecule has 1 amide bonds. The summed E-state index contributed by atoms with van der Waals surface area (Å²) in [5, 5.41) is 13.3. The Morgan fingerprint density at radius 2 is 1.91 bits per heavy atom. The van der Waals surface area contributed by atoms with Gasteiger partial charge in [0.2, 0.25) is 0 Å². The molecule has 1 aliphatic carbocycles. The molecule has 3 rings (SSSR count). The summed E-state index contributed by atoms with van der Waals surface area (Å²) >= 11 is 0. The van der Waals surface area contributed by atoms with Gasteiger partial charge >= 0.3 is 11.9 Å². The van der Waals surface area contributed by atoms with Gasteiger partial charge in [0.1, 0.15) is 11.8 Å². The van der Waals surface area contributed by atoms with Crippen molar-refractivity contribution in [3.8, 4) is 5.75 Å². The minimum Gasteiger partial charge on any atom is -0.496 e. The number of ether oxygens (including phenoxy) is 2. The number of hydrogen-bond donors (Lipinski definition) is 1. The van der Waals surface area contributed by atoms with E-state index in [1.807, 2.05) is 0 Å². The summed E-state index contributed by atoms with van der Waals surface area (Å²) in [7, 11) is 2.86. The van der Waals surface area contributed by atoms with E-state index in [1.165, 1.54) is 31.1 Å². The molecule has 0 spiro atoms. The van der Waals surface area contributed by atoms with Gasteiger partial charge < -0.3 is 19.5 Å². The lowest BCUT2D eigenvalue weighted by molar-refractivity contribution is -0.140. The number of nitrogens with zero attached hydrogens (tertiary/aromatic N) is 3. The molecular formula is C23H29N3O6. The van der Waals surface area contributed by atoms with Gasteiger partial charge in [0.15, 0.2) is 0 Å². The number of aromatic nitrogens is 2. The molecule has 172 valence electrons. The van der Waals surface area contributed by atoms with Gasteiger partial charge in [-0.25, -0.2) is 9.59 Å². The zero-order valence-corrected chi connectivity index (χ0v) is 18.6. The van der Waals surface area contributed by atoms with Crippen molar-refractivity contribution >= 4 is 17.8 Å². The number of carbonyl (C=O) groups excluding carboxylic acids is 2. The molecule has 32 heavy (non-hydrogen) atoms. The van der Waals surface area contributed by atoms with E-state index >= 15 is 0 Å². The molecule has 1 atom stereocenters. The number of amides is 1. The van der Waals surface area contributed by atoms with Gasteiger partial charge in [-0.05, 0) is 38.0 Å². The van der Waals surface area contributed by atoms with Crippen LogP contribution in [0.2, 0.25) is 0 Å². The quantitative estimate of drug-likeness (QED) is 0.623. The van der Waals surface area contributed by atoms with Crippen LogP contribution in [0.1, 0.15) is 71.3 Å². The van der Waals surface area contributed by atoms with Crippen LogP contribution in [0, 0.1) is 0 Å². The van der Waals surface area contributed by atoms with E-state index in [0.717, 1.165) is 32.1 Å². The first-order valence-corrected chi connectivity index (χ1v) is 10.7. The summed E-state index contributed by atoms with van der Waals surface area (Å²) < 4.78 is 11.6. The average molecular weight is 444 g/mol. The van der Waals surface area contributed by atoms with Gasteiger partial charge in [-0.3, -0.25) is 9.48 Å². The molecule has 0 saturated heterocycles. The molecule has 1 aromatic heterocycles. The number of methoxy groups -OCH3 is 2. The maximum Gasteiger partial charge on any atom is 0.337 e. The van der Waals surface area contributed by atoms with Gasteiger partial charge in [0, 0.05) is 24.3 Å². The van der Waals surface area contributed by atoms with Crippen molar-refractivity contribution in [2.45, 2.75) is 57.7 Å². The second-order valence-electron chi connectivity index (χ2n) is 7.97. The topological polar surface area (TPSA) is 111 Å². The summed E-state index contributed by atoms with van der Waals surface area (Å²) in [6.45, 7) is 1.75. The molecule has 9 heteroatoms. The molecule has 1 heterocycles. The smallest absolute Gasteiger partial charge is 0.337 e. The lowest BCUT2D eigenvalue weighted by Crippen LogP contribution is -2.41. The monoisotopic (exact) mass is 443 g/mol. The number of benzene rings is 1. The SMILES string of the molecule is COC(=O)c1ccc(OC)c(CN(C(=O)c2cnn(C(C)C(=O)O)c2)C2CCCCC2)c1. The second kappa shape index (κ2) is 10.3. The molecule has 0 aliphatic heterocycles. The molecular weight excluding hydrogens is 414 g/mol. The summed E-state index contributed by atoms with van der Waals surface area (Å²) in [6.07, 6.45) is 7.83. The third-order valence-corrected chi connectivity index (χ3v) is 5.92. The maximum atomic E-state index is 13.5. The van der Waals surface area contributed by atoms with Crippen molar-refractivity contribution in [2.75, 3.05) is 14.2 Å². The summed E-state index contributed by atoms with van der Waals surface area (Å²) in [5.74, 6) is -1.15. The highest BCUT2D eigenvalue weighted by Crippen LogP contribution is 2.29. The van der Waals surface area contributed by atoms with E-state index in [2.05, 4.69) is 5.10 Å². The molecule has 1 saturated carbocycles. The molecule has 2 aromatic rings. The Morgan fingerprint density at radius 3 is 2.53 bits per heavy atom. The third-order valence-electron chi connectivity index (χ3n) is 5.92. The number of rotatable bonds is 8. The normalized spacial score (nSPS) is 15.1. The van der Waals surface area contributed by atoms with Gasteiger partial charge in [-0.15, -0.1) is 0 Å². The highest BCUT2D eigenvalue weighted by atomic mass is 16.5. The van der Waals surface area contributed by atoms with Crippen molar-refractivity contribution in [3.63, 3.8) is 0 Å². The van der Waals surface area contributed by atoms with Crippen molar-refractivity contribution in [3.05, 3.63) is 47.3 Å². The van der Waals surface area contributed by atoms with Gasteiger partial charge in [0.25, 0.3) is 5.91 Å². The summed E-state index contributed by atoms with van der Waals surface area (Å²) in [5.41, 5.74) is 1.40. The Balaban J connectivity index is 1.94. The van der Waals surface area contributed by atoms with Crippen LogP contribution in [0.4, 0.5) is 0 Å². The largest absolute Gasteiger partial charge is 0.496 e. The number of hydrogen-bond acceptors (Lipinski definition) is 6. The summed E-state index contributed by atoms with van der Waals surface area (Å²) in [6, 6.07) is 4.15. The minimum atomic E-state index is -1.03. The molecule has 0 bridgehead atoms. The highest BCUT2D eigenvalue weighted by Gasteiger charge is 2.29. The Morgan fingerprint density at radius 1 is 1.19 bits per heavy atom. The second-order valence-corrected chi connectivity index (χ2v) is 7.97. The van der Waals surface area contributed by atoms with Crippen LogP contribution in [0.15, 0.2) is 30.6 Å². The summed E-state index contributed by atoms with van der Waals surface area (Å²) in [4.78, 5) is 38.6. The lowest BCUT2D eigenvalue weighted by Gasteiger charge is -2.34. The lowest BCUT2D eigenvalue weighted by atomic mass is 9.93. The van der Waals surface area contributed by atoms with E-state index < -0.39 is 18.0 Å². The molecule has 0 radical (unpaired) electrons. The van der Waals surface area contributed by atoms with Crippen LogP contribution in [0.5, 0.6) is 5.75 Å². The Labute approximate surface area is 186 Å². The molecule has 1 aliphatic rings. The van der Waals surface area contributed by atoms with Crippen molar-refractivity contribution in [1.82, 2.24) is 14.7 Å². The first-order valence-electron chi connectivity index (χ1n) is 10.7. The number of carboxylic acids is 1. The highest BCUT2D eigenvalue weighted by molar-refractivity contribution is 5.94. The van der Waals surface area contributed by atoms with E-state index in [1.54, 1.807) is 30.2 Å². The first-order chi connectivity index (χ1) is 15.3. The number of esters is 1. The van der Waals surface area contributed by atoms with Crippen LogP contribution in [0.25, 0.3) is 0 Å². The average Bonchev–Trinajstić information content (AvgIpc) is 3.31. The maximum absolute atomic E-state index is 13.5. The van der Waals surface area contributed by atoms with Crippen LogP contribution in [-0.4, -0.2) is 57.9 Å². The Kier molecular flexibility index (Phi) is 7.50. The molecule has 9 nitrogen and oxygen atoms in total. The van der Waals surface area contributed by atoms with Crippen LogP contribution in [-0.2, 0) is 16.1 Å². The van der Waals surface area contributed by atoms with E-state index in [4.69, 9.17) is 9.47 Å². The van der Waals surface area contributed by atoms with Crippen LogP contribution >= 0.6 is 0 Å². The van der Waals surface area contributed by atoms with E-state index in [-0.39, 0.29) is 18.5 Å². The van der Waals surface area contributed by atoms with Crippen molar-refractivity contribution in [1.29, 1.82) is 0 Å². The standard InChI is InChI=1S/C23H29N3O6/c1-15(22(28)29)26-14-18(12-24-26)21(27)25(19-7-5-4-6-8-19)13-17-11-16(23(30)32-3)9-10-20(17)31-2/h9-12,14-15,19H,4-8,13H2,1-3H3,(H,28,29). The van der Waals surface area contributed by atoms with Gasteiger partial charge in [-0.2, -0.15) is 5.10 Å². The van der Waals surface area contributed by atoms with Crippen molar-refractivity contribution < 1.29 is 29.0 Å². The third kappa shape index (κ3) is 5.09. The Bertz CT molecular complexity index is 980. The van der Waals surface area contributed by atoms with Crippen LogP contribution in [0.3, 0.4) is 0 Å². The molecule has 1 N–H and O–H groups in total. The number of aliphatic carboxylic acids is 1. The van der Waals surface area contributed by atoms with E-state index in [0.29, 0.717) is 22.4 Å². The predicted molar refractivity (Wildman–Crippen MR) is 116 cm³/mol. The number of carbonyl (C=O) groups is 3. The van der Waals surface area contributed by atoms with E-state index in [9.17, 15) is 19.5 Å². The molecule has 1 fully saturated rings. The molecule has 1 aromatic carbocycles. The fraction of sp³-hybridized carbons (Fsp3) is 0.478. The fourth-order valence-corrected chi connectivity index (χ4v) is 4.03.